The number of hydrogen-bond donors (Lipinski definition) is 0. The summed E-state index contributed by atoms with van der Waals surface area (Å²) in [6.07, 6.45) is 1.43. The van der Waals surface area contributed by atoms with Crippen LogP contribution in [-0.2, 0) is 0 Å². The number of ketones is 2. The lowest BCUT2D eigenvalue weighted by molar-refractivity contribution is -0.384. The van der Waals surface area contributed by atoms with Crippen LogP contribution in [0.25, 0.3) is 5.57 Å². The molecule has 1 aromatic carbocycles. The second kappa shape index (κ2) is 5.27. The zero-order valence-electron chi connectivity index (χ0n) is 10.9. The minimum Gasteiger partial charge on any atom is -0.288 e. The average molecular weight is 359 g/mol. The first kappa shape index (κ1) is 14.3. The van der Waals surface area contributed by atoms with Crippen molar-refractivity contribution in [3.63, 3.8) is 0 Å². The number of nitro benzene ring substituents is 1. The highest BCUT2D eigenvalue weighted by Gasteiger charge is 2.33. The molecule has 0 N–H and O–H groups in total. The van der Waals surface area contributed by atoms with Crippen LogP contribution in [0.15, 0.2) is 47.1 Å². The van der Waals surface area contributed by atoms with Crippen molar-refractivity contribution in [3.8, 4) is 0 Å². The average Bonchev–Trinajstić information content (AvgIpc) is 2.53. The molecular weight excluding hydrogens is 352 g/mol. The molecule has 1 aromatic heterocycles. The third-order valence-corrected chi connectivity index (χ3v) is 4.02. The number of halogens is 1. The van der Waals surface area contributed by atoms with E-state index in [9.17, 15) is 19.7 Å². The fraction of sp³-hybridized carbons (Fsp3) is 0. The molecule has 2 aromatic rings. The van der Waals surface area contributed by atoms with E-state index in [2.05, 4.69) is 20.9 Å². The summed E-state index contributed by atoms with van der Waals surface area (Å²) < 4.78 is 0.0594. The van der Waals surface area contributed by atoms with Gasteiger partial charge in [-0.05, 0) is 33.6 Å². The largest absolute Gasteiger partial charge is 0.288 e. The van der Waals surface area contributed by atoms with Crippen molar-refractivity contribution in [3.05, 3.63) is 74.0 Å². The van der Waals surface area contributed by atoms with Crippen LogP contribution in [0.1, 0.15) is 26.4 Å². The van der Waals surface area contributed by atoms with Crippen molar-refractivity contribution >= 4 is 38.8 Å². The lowest BCUT2D eigenvalue weighted by Crippen LogP contribution is -2.20. The number of aromatic nitrogens is 1. The molecule has 1 aliphatic rings. The molecule has 0 unspecified atom stereocenters. The minimum absolute atomic E-state index is 0.0594. The number of nitrogens with zero attached hydrogens (tertiary/aromatic N) is 2. The fourth-order valence-corrected chi connectivity index (χ4v) is 2.85. The molecule has 0 spiro atoms. The summed E-state index contributed by atoms with van der Waals surface area (Å²) in [5.74, 6) is -0.813. The van der Waals surface area contributed by atoms with Gasteiger partial charge in [0.2, 0.25) is 5.78 Å². The van der Waals surface area contributed by atoms with Gasteiger partial charge >= 0.3 is 0 Å². The third-order valence-electron chi connectivity index (χ3n) is 3.26. The monoisotopic (exact) mass is 358 g/mol. The van der Waals surface area contributed by atoms with Gasteiger partial charge in [0.15, 0.2) is 5.78 Å². The molecule has 1 heterocycles. The topological polar surface area (TPSA) is 90.2 Å². The molecule has 0 aliphatic heterocycles. The first-order valence-electron chi connectivity index (χ1n) is 6.19. The number of carbonyl (C=O) groups is 2. The van der Waals surface area contributed by atoms with Gasteiger partial charge in [0.1, 0.15) is 5.69 Å². The molecular formula is C15H7BrN2O4. The first-order chi connectivity index (χ1) is 10.5. The Hall–Kier alpha value is -2.67. The molecule has 0 radical (unpaired) electrons. The number of Topliss-reactive ketones (excluding diaryl/α,β-unsaturated/α-hetero) is 2. The van der Waals surface area contributed by atoms with Gasteiger partial charge in [-0.1, -0.05) is 12.1 Å². The smallest absolute Gasteiger partial charge is 0.270 e. The molecule has 6 nitrogen and oxygen atoms in total. The molecule has 22 heavy (non-hydrogen) atoms. The second-order valence-corrected chi connectivity index (χ2v) is 5.35. The standard InChI is InChI=1S/C15H7BrN2O4/c16-12-11(8-3-1-4-9(7-8)18(21)22)14(19)10-5-2-6-17-13(10)15(12)20/h1-7H. The Balaban J connectivity index is 2.21. The summed E-state index contributed by atoms with van der Waals surface area (Å²) in [5, 5.41) is 10.9. The lowest BCUT2D eigenvalue weighted by atomic mass is 9.89. The summed E-state index contributed by atoms with van der Waals surface area (Å²) >= 11 is 3.13. The van der Waals surface area contributed by atoms with E-state index in [0.29, 0.717) is 5.56 Å². The van der Waals surface area contributed by atoms with Crippen LogP contribution < -0.4 is 0 Å². The molecule has 0 saturated carbocycles. The summed E-state index contributed by atoms with van der Waals surface area (Å²) in [5.41, 5.74) is 0.538. The van der Waals surface area contributed by atoms with Gasteiger partial charge in [0, 0.05) is 23.9 Å². The summed E-state index contributed by atoms with van der Waals surface area (Å²) in [4.78, 5) is 39.2. The van der Waals surface area contributed by atoms with Crippen molar-refractivity contribution in [2.24, 2.45) is 0 Å². The maximum atomic E-state index is 12.6. The van der Waals surface area contributed by atoms with Crippen LogP contribution in [0.3, 0.4) is 0 Å². The van der Waals surface area contributed by atoms with Gasteiger partial charge in [-0.25, -0.2) is 0 Å². The maximum Gasteiger partial charge on any atom is 0.270 e. The lowest BCUT2D eigenvalue weighted by Gasteiger charge is -2.17. The normalized spacial score (nSPS) is 14.0. The number of rotatable bonds is 2. The van der Waals surface area contributed by atoms with Crippen LogP contribution in [0, 0.1) is 10.1 Å². The Morgan fingerprint density at radius 2 is 1.86 bits per heavy atom. The van der Waals surface area contributed by atoms with E-state index in [1.54, 1.807) is 12.1 Å². The van der Waals surface area contributed by atoms with Crippen LogP contribution in [-0.4, -0.2) is 21.5 Å². The molecule has 0 bridgehead atoms. The number of nitro groups is 1. The molecule has 0 amide bonds. The maximum absolute atomic E-state index is 12.6. The van der Waals surface area contributed by atoms with Crippen LogP contribution >= 0.6 is 15.9 Å². The number of non-ortho nitro benzene ring substituents is 1. The van der Waals surface area contributed by atoms with Crippen molar-refractivity contribution in [1.82, 2.24) is 4.98 Å². The van der Waals surface area contributed by atoms with E-state index in [0.717, 1.165) is 0 Å². The van der Waals surface area contributed by atoms with Gasteiger partial charge in [-0.3, -0.25) is 24.7 Å². The van der Waals surface area contributed by atoms with E-state index < -0.39 is 16.5 Å². The summed E-state index contributed by atoms with van der Waals surface area (Å²) in [7, 11) is 0. The van der Waals surface area contributed by atoms with E-state index in [4.69, 9.17) is 0 Å². The highest BCUT2D eigenvalue weighted by Crippen LogP contribution is 2.35. The number of carbonyl (C=O) groups excluding carboxylic acids is 2. The molecule has 0 saturated heterocycles. The van der Waals surface area contributed by atoms with Crippen LogP contribution in [0.4, 0.5) is 5.69 Å². The Morgan fingerprint density at radius 3 is 2.59 bits per heavy atom. The quantitative estimate of drug-likeness (QED) is 0.607. The molecule has 1 aliphatic carbocycles. The van der Waals surface area contributed by atoms with E-state index in [-0.39, 0.29) is 27.0 Å². The van der Waals surface area contributed by atoms with Crippen LogP contribution in [0.5, 0.6) is 0 Å². The zero-order chi connectivity index (χ0) is 15.9. The van der Waals surface area contributed by atoms with Crippen molar-refractivity contribution in [2.45, 2.75) is 0 Å². The molecule has 108 valence electrons. The van der Waals surface area contributed by atoms with E-state index >= 15 is 0 Å². The molecule has 0 atom stereocenters. The van der Waals surface area contributed by atoms with Crippen molar-refractivity contribution in [2.75, 3.05) is 0 Å². The number of hydrogen-bond acceptors (Lipinski definition) is 5. The molecule has 7 heteroatoms. The number of pyridine rings is 1. The van der Waals surface area contributed by atoms with Gasteiger partial charge in [0.05, 0.1) is 15.0 Å². The van der Waals surface area contributed by atoms with Crippen LogP contribution in [0.2, 0.25) is 0 Å². The number of benzene rings is 1. The predicted octanol–water partition coefficient (Wildman–Crippen LogP) is 3.18. The highest BCUT2D eigenvalue weighted by atomic mass is 79.9. The third kappa shape index (κ3) is 2.15. The Bertz CT molecular complexity index is 873. The first-order valence-corrected chi connectivity index (χ1v) is 6.99. The predicted molar refractivity (Wildman–Crippen MR) is 81.8 cm³/mol. The van der Waals surface area contributed by atoms with Crippen molar-refractivity contribution in [1.29, 1.82) is 0 Å². The van der Waals surface area contributed by atoms with E-state index in [1.165, 1.54) is 30.5 Å². The number of allylic oxidation sites excluding steroid dienone is 2. The zero-order valence-corrected chi connectivity index (χ0v) is 12.5. The van der Waals surface area contributed by atoms with Gasteiger partial charge in [0.25, 0.3) is 5.69 Å². The summed E-state index contributed by atoms with van der Waals surface area (Å²) in [6, 6.07) is 8.69. The Labute approximate surface area is 132 Å². The van der Waals surface area contributed by atoms with Gasteiger partial charge < -0.3 is 0 Å². The van der Waals surface area contributed by atoms with E-state index in [1.807, 2.05) is 0 Å². The fourth-order valence-electron chi connectivity index (χ4n) is 2.25. The Morgan fingerprint density at radius 1 is 1.09 bits per heavy atom. The number of fused-ring (bicyclic) bond motifs is 1. The SMILES string of the molecule is O=C1C(c2cccc([N+](=O)[O-])c2)=C(Br)C(=O)c2ncccc21. The van der Waals surface area contributed by atoms with Crippen molar-refractivity contribution < 1.29 is 14.5 Å². The second-order valence-electron chi connectivity index (χ2n) is 4.55. The van der Waals surface area contributed by atoms with Gasteiger partial charge in [-0.15, -0.1) is 0 Å². The van der Waals surface area contributed by atoms with Gasteiger partial charge in [-0.2, -0.15) is 0 Å². The Kier molecular flexibility index (Phi) is 3.42. The summed E-state index contributed by atoms with van der Waals surface area (Å²) in [6.45, 7) is 0. The highest BCUT2D eigenvalue weighted by molar-refractivity contribution is 9.12. The minimum atomic E-state index is -0.553. The molecule has 0 fully saturated rings. The molecule has 3 rings (SSSR count).